The number of rotatable bonds is 1. The number of piperidine rings is 1. The molecular formula is C16H16FNO3. The minimum Gasteiger partial charge on any atom is -0.469 e. The van der Waals surface area contributed by atoms with Gasteiger partial charge in [0.2, 0.25) is 0 Å². The number of amides is 1. The van der Waals surface area contributed by atoms with Crippen molar-refractivity contribution in [1.29, 1.82) is 0 Å². The summed E-state index contributed by atoms with van der Waals surface area (Å²) in [6.45, 7) is 0.345. The maximum Gasteiger partial charge on any atom is 0.310 e. The van der Waals surface area contributed by atoms with Crippen molar-refractivity contribution in [1.82, 2.24) is 4.90 Å². The van der Waals surface area contributed by atoms with Gasteiger partial charge in [0.05, 0.1) is 19.1 Å². The molecule has 2 atom stereocenters. The first-order valence-corrected chi connectivity index (χ1v) is 6.96. The van der Waals surface area contributed by atoms with Crippen LogP contribution in [0.25, 0.3) is 6.08 Å². The summed E-state index contributed by atoms with van der Waals surface area (Å²) < 4.78 is 18.1. The minimum absolute atomic E-state index is 0.0473. The van der Waals surface area contributed by atoms with Crippen LogP contribution in [0.4, 0.5) is 4.39 Å². The van der Waals surface area contributed by atoms with Crippen molar-refractivity contribution in [3.8, 4) is 0 Å². The van der Waals surface area contributed by atoms with E-state index in [1.165, 1.54) is 25.3 Å². The zero-order valence-corrected chi connectivity index (χ0v) is 11.7. The van der Waals surface area contributed by atoms with Crippen molar-refractivity contribution in [3.05, 3.63) is 41.2 Å². The second kappa shape index (κ2) is 5.31. The summed E-state index contributed by atoms with van der Waals surface area (Å²) >= 11 is 0. The lowest BCUT2D eigenvalue weighted by molar-refractivity contribution is -0.147. The van der Waals surface area contributed by atoms with Crippen LogP contribution >= 0.6 is 0 Å². The van der Waals surface area contributed by atoms with Crippen molar-refractivity contribution in [2.75, 3.05) is 13.7 Å². The van der Waals surface area contributed by atoms with Gasteiger partial charge in [0.15, 0.2) is 0 Å². The fraction of sp³-hybridized carbons (Fsp3) is 0.375. The zero-order valence-electron chi connectivity index (χ0n) is 11.7. The Kier molecular flexibility index (Phi) is 3.49. The third-order valence-corrected chi connectivity index (χ3v) is 4.17. The van der Waals surface area contributed by atoms with Crippen LogP contribution in [0, 0.1) is 11.7 Å². The Morgan fingerprint density at radius 3 is 2.95 bits per heavy atom. The van der Waals surface area contributed by atoms with Crippen molar-refractivity contribution < 1.29 is 18.7 Å². The van der Waals surface area contributed by atoms with Crippen molar-refractivity contribution in [2.24, 2.45) is 5.92 Å². The summed E-state index contributed by atoms with van der Waals surface area (Å²) in [4.78, 5) is 26.0. The molecule has 21 heavy (non-hydrogen) atoms. The smallest absolute Gasteiger partial charge is 0.310 e. The van der Waals surface area contributed by atoms with E-state index in [9.17, 15) is 14.0 Å². The summed E-state index contributed by atoms with van der Waals surface area (Å²) in [6.07, 6.45) is 5.10. The quantitative estimate of drug-likeness (QED) is 0.745. The van der Waals surface area contributed by atoms with Gasteiger partial charge >= 0.3 is 5.97 Å². The molecule has 0 saturated carbocycles. The number of ether oxygens (including phenoxy) is 1. The van der Waals surface area contributed by atoms with E-state index in [1.807, 2.05) is 6.08 Å². The van der Waals surface area contributed by atoms with Crippen LogP contribution in [-0.4, -0.2) is 36.5 Å². The highest BCUT2D eigenvalue weighted by Gasteiger charge is 2.36. The molecule has 0 radical (unpaired) electrons. The Morgan fingerprint density at radius 1 is 1.38 bits per heavy atom. The molecule has 0 N–H and O–H groups in total. The Hall–Kier alpha value is -2.17. The fourth-order valence-electron chi connectivity index (χ4n) is 3.02. The lowest BCUT2D eigenvalue weighted by atomic mass is 9.92. The number of hydrogen-bond donors (Lipinski definition) is 0. The minimum atomic E-state index is -0.362. The van der Waals surface area contributed by atoms with Gasteiger partial charge in [0, 0.05) is 12.1 Å². The number of esters is 1. The molecular weight excluding hydrogens is 273 g/mol. The number of nitrogens with zero attached hydrogens (tertiary/aromatic N) is 1. The van der Waals surface area contributed by atoms with Gasteiger partial charge in [-0.3, -0.25) is 9.59 Å². The molecule has 110 valence electrons. The van der Waals surface area contributed by atoms with Crippen LogP contribution in [0.5, 0.6) is 0 Å². The van der Waals surface area contributed by atoms with Crippen molar-refractivity contribution in [3.63, 3.8) is 0 Å². The normalized spacial score (nSPS) is 24.1. The fourth-order valence-corrected chi connectivity index (χ4v) is 3.02. The zero-order chi connectivity index (χ0) is 15.0. The number of halogens is 1. The Bertz CT molecular complexity index is 626. The maximum atomic E-state index is 13.3. The first kappa shape index (κ1) is 13.8. The van der Waals surface area contributed by atoms with Crippen LogP contribution in [-0.2, 0) is 9.53 Å². The average molecular weight is 289 g/mol. The molecule has 1 amide bonds. The first-order chi connectivity index (χ1) is 10.1. The molecule has 1 aromatic rings. The molecule has 0 spiro atoms. The van der Waals surface area contributed by atoms with Crippen LogP contribution in [0.15, 0.2) is 24.3 Å². The van der Waals surface area contributed by atoms with Crippen molar-refractivity contribution >= 4 is 18.0 Å². The van der Waals surface area contributed by atoms with Gasteiger partial charge in [-0.1, -0.05) is 12.2 Å². The van der Waals surface area contributed by atoms with Crippen LogP contribution in [0.3, 0.4) is 0 Å². The summed E-state index contributed by atoms with van der Waals surface area (Å²) in [5.74, 6) is -1.09. The van der Waals surface area contributed by atoms with Gasteiger partial charge in [0.25, 0.3) is 5.91 Å². The molecule has 3 rings (SSSR count). The molecule has 5 heteroatoms. The summed E-state index contributed by atoms with van der Waals surface area (Å²) in [5, 5.41) is 0. The molecule has 2 heterocycles. The number of methoxy groups -OCH3 is 1. The SMILES string of the molecule is COC(=O)[C@H]1CC[C@H]2C=Cc3cc(F)ccc3C(=O)N2C1. The summed E-state index contributed by atoms with van der Waals surface area (Å²) in [6, 6.07) is 4.10. The number of hydrogen-bond acceptors (Lipinski definition) is 3. The Balaban J connectivity index is 1.93. The maximum absolute atomic E-state index is 13.3. The third kappa shape index (κ3) is 2.44. The van der Waals surface area contributed by atoms with Crippen LogP contribution < -0.4 is 0 Å². The van der Waals surface area contributed by atoms with Gasteiger partial charge in [-0.25, -0.2) is 4.39 Å². The van der Waals surface area contributed by atoms with E-state index in [-0.39, 0.29) is 29.7 Å². The van der Waals surface area contributed by atoms with E-state index < -0.39 is 0 Å². The van der Waals surface area contributed by atoms with Crippen LogP contribution in [0.1, 0.15) is 28.8 Å². The van der Waals surface area contributed by atoms with Gasteiger partial charge in [0.1, 0.15) is 5.82 Å². The predicted molar refractivity (Wildman–Crippen MR) is 75.0 cm³/mol. The molecule has 4 nitrogen and oxygen atoms in total. The van der Waals surface area contributed by atoms with Gasteiger partial charge in [-0.15, -0.1) is 0 Å². The highest BCUT2D eigenvalue weighted by molar-refractivity contribution is 5.99. The van der Waals surface area contributed by atoms with Gasteiger partial charge in [-0.2, -0.15) is 0 Å². The van der Waals surface area contributed by atoms with E-state index in [0.29, 0.717) is 30.5 Å². The van der Waals surface area contributed by atoms with E-state index in [1.54, 1.807) is 11.0 Å². The number of carbonyl (C=O) groups is 2. The van der Waals surface area contributed by atoms with Gasteiger partial charge < -0.3 is 9.64 Å². The average Bonchev–Trinajstić information content (AvgIpc) is 2.63. The van der Waals surface area contributed by atoms with E-state index >= 15 is 0 Å². The molecule has 0 aliphatic carbocycles. The molecule has 1 fully saturated rings. The molecule has 2 aliphatic heterocycles. The van der Waals surface area contributed by atoms with Gasteiger partial charge in [-0.05, 0) is 36.6 Å². The topological polar surface area (TPSA) is 46.6 Å². The lowest BCUT2D eigenvalue weighted by Crippen LogP contribution is -2.47. The van der Waals surface area contributed by atoms with E-state index in [4.69, 9.17) is 4.74 Å². The van der Waals surface area contributed by atoms with Crippen molar-refractivity contribution in [2.45, 2.75) is 18.9 Å². The Morgan fingerprint density at radius 2 is 2.19 bits per heavy atom. The molecule has 1 saturated heterocycles. The second-order valence-corrected chi connectivity index (χ2v) is 5.41. The van der Waals surface area contributed by atoms with E-state index in [2.05, 4.69) is 0 Å². The number of carbonyl (C=O) groups excluding carboxylic acids is 2. The Labute approximate surface area is 122 Å². The number of fused-ring (bicyclic) bond motifs is 2. The standard InChI is InChI=1S/C16H16FNO3/c1-21-16(20)11-3-6-13-5-2-10-8-12(17)4-7-14(10)15(19)18(13)9-11/h2,4-5,7-8,11,13H,3,6,9H2,1H3/t11-,13+/m0/s1. The van der Waals surface area contributed by atoms with E-state index in [0.717, 1.165) is 0 Å². The third-order valence-electron chi connectivity index (χ3n) is 4.17. The second-order valence-electron chi connectivity index (χ2n) is 5.41. The molecule has 0 unspecified atom stereocenters. The highest BCUT2D eigenvalue weighted by Crippen LogP contribution is 2.29. The number of benzene rings is 1. The van der Waals surface area contributed by atoms with Crippen LogP contribution in [0.2, 0.25) is 0 Å². The lowest BCUT2D eigenvalue weighted by Gasteiger charge is -2.36. The largest absolute Gasteiger partial charge is 0.469 e. The molecule has 0 aromatic heterocycles. The summed E-state index contributed by atoms with van der Waals surface area (Å²) in [5.41, 5.74) is 1.06. The molecule has 2 aliphatic rings. The highest BCUT2D eigenvalue weighted by atomic mass is 19.1. The predicted octanol–water partition coefficient (Wildman–Crippen LogP) is 2.25. The monoisotopic (exact) mass is 289 g/mol. The molecule has 0 bridgehead atoms. The summed E-state index contributed by atoms with van der Waals surface area (Å²) in [7, 11) is 1.36. The molecule has 1 aromatic carbocycles. The first-order valence-electron chi connectivity index (χ1n) is 6.96.